The van der Waals surface area contributed by atoms with Gasteiger partial charge in [0.2, 0.25) is 0 Å². The van der Waals surface area contributed by atoms with Gasteiger partial charge in [-0.1, -0.05) is 0 Å². The fourth-order valence-electron chi connectivity index (χ4n) is 2.36. The number of hydrogen-bond donors (Lipinski definition) is 1. The molecule has 1 fully saturated rings. The van der Waals surface area contributed by atoms with E-state index in [2.05, 4.69) is 0 Å². The Morgan fingerprint density at radius 2 is 1.89 bits per heavy atom. The molecule has 106 valence electrons. The number of ether oxygens (including phenoxy) is 2. The Hall–Kier alpha value is -1.36. The lowest BCUT2D eigenvalue weighted by Gasteiger charge is -2.22. The molecule has 19 heavy (non-hydrogen) atoms. The first-order chi connectivity index (χ1) is 8.88. The number of halogens is 2. The van der Waals surface area contributed by atoms with Gasteiger partial charge < -0.3 is 15.2 Å². The standard InChI is InChI=1S/C14H19F2NO2/c1-13(15,16)10-6-9(14(8-17)4-5-14)7-11(18-2)12(10)19-3/h6-7H,4-5,8,17H2,1-3H3. The number of nitrogens with two attached hydrogens (primary N) is 1. The molecule has 0 spiro atoms. The highest BCUT2D eigenvalue weighted by molar-refractivity contribution is 5.54. The zero-order valence-corrected chi connectivity index (χ0v) is 11.4. The molecule has 0 radical (unpaired) electrons. The van der Waals surface area contributed by atoms with Gasteiger partial charge in [0.15, 0.2) is 11.5 Å². The maximum absolute atomic E-state index is 13.7. The zero-order chi connectivity index (χ0) is 14.3. The van der Waals surface area contributed by atoms with E-state index in [1.807, 2.05) is 0 Å². The van der Waals surface area contributed by atoms with Crippen molar-refractivity contribution < 1.29 is 18.3 Å². The summed E-state index contributed by atoms with van der Waals surface area (Å²) in [5.41, 5.74) is 6.26. The molecule has 0 saturated heterocycles. The van der Waals surface area contributed by atoms with Crippen molar-refractivity contribution in [3.8, 4) is 11.5 Å². The third-order valence-electron chi connectivity index (χ3n) is 3.81. The molecule has 2 N–H and O–H groups in total. The molecular weight excluding hydrogens is 252 g/mol. The monoisotopic (exact) mass is 271 g/mol. The Morgan fingerprint density at radius 1 is 1.26 bits per heavy atom. The fraction of sp³-hybridized carbons (Fsp3) is 0.571. The summed E-state index contributed by atoms with van der Waals surface area (Å²) in [6.45, 7) is 1.31. The molecule has 0 heterocycles. The summed E-state index contributed by atoms with van der Waals surface area (Å²) in [5.74, 6) is -2.57. The first-order valence-corrected chi connectivity index (χ1v) is 6.23. The highest BCUT2D eigenvalue weighted by Gasteiger charge is 2.44. The van der Waals surface area contributed by atoms with E-state index in [1.165, 1.54) is 20.3 Å². The van der Waals surface area contributed by atoms with Crippen molar-refractivity contribution in [3.05, 3.63) is 23.3 Å². The van der Waals surface area contributed by atoms with Crippen LogP contribution in [0.3, 0.4) is 0 Å². The molecule has 5 heteroatoms. The summed E-state index contributed by atoms with van der Waals surface area (Å²) in [4.78, 5) is 0. The molecule has 0 aromatic heterocycles. The van der Waals surface area contributed by atoms with Crippen LogP contribution >= 0.6 is 0 Å². The third-order valence-corrected chi connectivity index (χ3v) is 3.81. The second kappa shape index (κ2) is 4.63. The van der Waals surface area contributed by atoms with E-state index >= 15 is 0 Å². The van der Waals surface area contributed by atoms with Gasteiger partial charge in [-0.2, -0.15) is 0 Å². The first kappa shape index (κ1) is 14.1. The number of hydrogen-bond acceptors (Lipinski definition) is 3. The molecule has 0 aliphatic heterocycles. The number of benzene rings is 1. The van der Waals surface area contributed by atoms with E-state index in [4.69, 9.17) is 15.2 Å². The maximum atomic E-state index is 13.7. The third kappa shape index (κ3) is 2.39. The van der Waals surface area contributed by atoms with Gasteiger partial charge in [-0.3, -0.25) is 0 Å². The predicted molar refractivity (Wildman–Crippen MR) is 69.1 cm³/mol. The molecule has 0 unspecified atom stereocenters. The normalized spacial score (nSPS) is 17.2. The molecule has 1 aliphatic carbocycles. The zero-order valence-electron chi connectivity index (χ0n) is 11.4. The van der Waals surface area contributed by atoms with Crippen LogP contribution in [0.5, 0.6) is 11.5 Å². The summed E-state index contributed by atoms with van der Waals surface area (Å²) >= 11 is 0. The molecule has 1 aromatic carbocycles. The van der Waals surface area contributed by atoms with Gasteiger partial charge in [-0.05, 0) is 30.5 Å². The summed E-state index contributed by atoms with van der Waals surface area (Å²) in [6.07, 6.45) is 1.85. The summed E-state index contributed by atoms with van der Waals surface area (Å²) < 4.78 is 37.7. The second-order valence-electron chi connectivity index (χ2n) is 5.13. The molecule has 1 aliphatic rings. The quantitative estimate of drug-likeness (QED) is 0.895. The Bertz CT molecular complexity index is 479. The van der Waals surface area contributed by atoms with Gasteiger partial charge in [-0.25, -0.2) is 8.78 Å². The molecule has 0 amide bonds. The molecule has 0 bridgehead atoms. The van der Waals surface area contributed by atoms with Gasteiger partial charge in [0.1, 0.15) is 0 Å². The Labute approximate surface area is 111 Å². The average Bonchev–Trinajstić information content (AvgIpc) is 3.17. The lowest BCUT2D eigenvalue weighted by atomic mass is 9.92. The Morgan fingerprint density at radius 3 is 2.26 bits per heavy atom. The van der Waals surface area contributed by atoms with E-state index < -0.39 is 5.92 Å². The van der Waals surface area contributed by atoms with Gasteiger partial charge in [-0.15, -0.1) is 0 Å². The first-order valence-electron chi connectivity index (χ1n) is 6.23. The minimum Gasteiger partial charge on any atom is -0.493 e. The van der Waals surface area contributed by atoms with Crippen LogP contribution < -0.4 is 15.2 Å². The topological polar surface area (TPSA) is 44.5 Å². The van der Waals surface area contributed by atoms with E-state index in [-0.39, 0.29) is 16.7 Å². The van der Waals surface area contributed by atoms with Crippen molar-refractivity contribution in [2.45, 2.75) is 31.1 Å². The summed E-state index contributed by atoms with van der Waals surface area (Å²) in [5, 5.41) is 0. The van der Waals surface area contributed by atoms with Crippen LogP contribution in [0, 0.1) is 0 Å². The van der Waals surface area contributed by atoms with Crippen LogP contribution in [0.4, 0.5) is 8.78 Å². The smallest absolute Gasteiger partial charge is 0.274 e. The molecule has 2 rings (SSSR count). The van der Waals surface area contributed by atoms with Crippen molar-refractivity contribution in [2.75, 3.05) is 20.8 Å². The van der Waals surface area contributed by atoms with Gasteiger partial charge >= 0.3 is 0 Å². The highest BCUT2D eigenvalue weighted by atomic mass is 19.3. The van der Waals surface area contributed by atoms with Crippen molar-refractivity contribution in [2.24, 2.45) is 5.73 Å². The molecule has 1 aromatic rings. The Balaban J connectivity index is 2.60. The van der Waals surface area contributed by atoms with Crippen LogP contribution in [-0.2, 0) is 11.3 Å². The molecule has 0 atom stereocenters. The van der Waals surface area contributed by atoms with E-state index in [9.17, 15) is 8.78 Å². The van der Waals surface area contributed by atoms with E-state index in [0.29, 0.717) is 12.3 Å². The van der Waals surface area contributed by atoms with Crippen molar-refractivity contribution in [3.63, 3.8) is 0 Å². The minimum absolute atomic E-state index is 0.0894. The number of methoxy groups -OCH3 is 2. The fourth-order valence-corrected chi connectivity index (χ4v) is 2.36. The van der Waals surface area contributed by atoms with Gasteiger partial charge in [0.25, 0.3) is 5.92 Å². The largest absolute Gasteiger partial charge is 0.493 e. The van der Waals surface area contributed by atoms with E-state index in [0.717, 1.165) is 25.3 Å². The van der Waals surface area contributed by atoms with Crippen molar-refractivity contribution >= 4 is 0 Å². The number of rotatable bonds is 5. The van der Waals surface area contributed by atoms with Crippen LogP contribution in [0.25, 0.3) is 0 Å². The number of alkyl halides is 2. The predicted octanol–water partition coefficient (Wildman–Crippen LogP) is 2.81. The SMILES string of the molecule is COc1cc(C2(CN)CC2)cc(C(C)(F)F)c1OC. The van der Waals surface area contributed by atoms with Crippen LogP contribution in [-0.4, -0.2) is 20.8 Å². The van der Waals surface area contributed by atoms with Crippen LogP contribution in [0.2, 0.25) is 0 Å². The van der Waals surface area contributed by atoms with Crippen molar-refractivity contribution in [1.82, 2.24) is 0 Å². The van der Waals surface area contributed by atoms with Gasteiger partial charge in [0.05, 0.1) is 19.8 Å². The minimum atomic E-state index is -2.99. The Kier molecular flexibility index (Phi) is 3.43. The summed E-state index contributed by atoms with van der Waals surface area (Å²) in [7, 11) is 2.81. The summed E-state index contributed by atoms with van der Waals surface area (Å²) in [6, 6.07) is 3.26. The second-order valence-corrected chi connectivity index (χ2v) is 5.13. The molecule has 3 nitrogen and oxygen atoms in total. The average molecular weight is 271 g/mol. The maximum Gasteiger partial charge on any atom is 0.274 e. The van der Waals surface area contributed by atoms with Gasteiger partial charge in [0, 0.05) is 18.9 Å². The lowest BCUT2D eigenvalue weighted by molar-refractivity contribution is 0.0146. The molecule has 1 saturated carbocycles. The van der Waals surface area contributed by atoms with E-state index in [1.54, 1.807) is 6.07 Å². The highest BCUT2D eigenvalue weighted by Crippen LogP contribution is 2.51. The van der Waals surface area contributed by atoms with Crippen LogP contribution in [0.1, 0.15) is 30.9 Å². The van der Waals surface area contributed by atoms with Crippen LogP contribution in [0.15, 0.2) is 12.1 Å². The van der Waals surface area contributed by atoms with Crippen molar-refractivity contribution in [1.29, 1.82) is 0 Å². The molecular formula is C14H19F2NO2. The lowest BCUT2D eigenvalue weighted by Crippen LogP contribution is -2.21.